The lowest BCUT2D eigenvalue weighted by Crippen LogP contribution is -2.39. The van der Waals surface area contributed by atoms with Gasteiger partial charge < -0.3 is 10.6 Å². The van der Waals surface area contributed by atoms with Gasteiger partial charge in [-0.1, -0.05) is 36.2 Å². The highest BCUT2D eigenvalue weighted by molar-refractivity contribution is 7.99. The van der Waals surface area contributed by atoms with Crippen LogP contribution in [0.3, 0.4) is 0 Å². The fourth-order valence-corrected chi connectivity index (χ4v) is 3.05. The first-order valence-electron chi connectivity index (χ1n) is 6.54. The van der Waals surface area contributed by atoms with Gasteiger partial charge >= 0.3 is 0 Å². The van der Waals surface area contributed by atoms with Crippen LogP contribution < -0.4 is 10.6 Å². The van der Waals surface area contributed by atoms with Crippen molar-refractivity contribution in [2.24, 2.45) is 0 Å². The maximum Gasteiger partial charge on any atom is 0.230 e. The van der Waals surface area contributed by atoms with Gasteiger partial charge in [-0.15, -0.1) is 24.2 Å². The number of hydrogen-bond acceptors (Lipinski definition) is 3. The molecular formula is C14H21Cl3N2OS. The number of nitrogens with one attached hydrogen (secondary N) is 2. The highest BCUT2D eigenvalue weighted by Crippen LogP contribution is 2.24. The monoisotopic (exact) mass is 370 g/mol. The molecule has 0 bridgehead atoms. The summed E-state index contributed by atoms with van der Waals surface area (Å²) in [6.07, 6.45) is 0. The van der Waals surface area contributed by atoms with Crippen molar-refractivity contribution in [1.29, 1.82) is 0 Å². The van der Waals surface area contributed by atoms with E-state index in [1.807, 2.05) is 26.0 Å². The Balaban J connectivity index is 0.00000400. The maximum atomic E-state index is 11.7. The van der Waals surface area contributed by atoms with Crippen LogP contribution in [0.5, 0.6) is 0 Å². The first-order valence-corrected chi connectivity index (χ1v) is 8.45. The summed E-state index contributed by atoms with van der Waals surface area (Å²) in [5.41, 5.74) is 0.995. The van der Waals surface area contributed by atoms with Gasteiger partial charge in [0.05, 0.1) is 5.75 Å². The molecule has 1 amide bonds. The molecule has 7 heteroatoms. The Morgan fingerprint density at radius 2 is 2.10 bits per heavy atom. The van der Waals surface area contributed by atoms with Crippen LogP contribution in [0, 0.1) is 0 Å². The molecule has 0 fully saturated rings. The van der Waals surface area contributed by atoms with Crippen LogP contribution >= 0.6 is 47.4 Å². The summed E-state index contributed by atoms with van der Waals surface area (Å²) < 4.78 is 0. The Labute approximate surface area is 146 Å². The van der Waals surface area contributed by atoms with Gasteiger partial charge in [0.15, 0.2) is 0 Å². The Kier molecular flexibility index (Phi) is 11.4. The zero-order valence-corrected chi connectivity index (χ0v) is 15.3. The van der Waals surface area contributed by atoms with E-state index in [2.05, 4.69) is 10.6 Å². The lowest BCUT2D eigenvalue weighted by molar-refractivity contribution is -0.118. The molecule has 0 aliphatic carbocycles. The van der Waals surface area contributed by atoms with Gasteiger partial charge in [-0.3, -0.25) is 4.79 Å². The Bertz CT molecular complexity index is 446. The van der Waals surface area contributed by atoms with Crippen LogP contribution in [0.25, 0.3) is 0 Å². The van der Waals surface area contributed by atoms with E-state index < -0.39 is 0 Å². The number of carbonyl (C=O) groups excluding carboxylic acids is 1. The van der Waals surface area contributed by atoms with Crippen LogP contribution in [-0.4, -0.2) is 30.8 Å². The number of thioether (sulfide) groups is 1. The number of halogens is 3. The molecule has 21 heavy (non-hydrogen) atoms. The zero-order valence-electron chi connectivity index (χ0n) is 12.1. The molecule has 120 valence electrons. The summed E-state index contributed by atoms with van der Waals surface area (Å²) in [6, 6.07) is 5.71. The maximum absolute atomic E-state index is 11.7. The minimum Gasteiger partial charge on any atom is -0.354 e. The first kappa shape index (κ1) is 20.9. The molecule has 1 atom stereocenters. The van der Waals surface area contributed by atoms with Crippen molar-refractivity contribution in [2.45, 2.75) is 25.6 Å². The molecule has 1 aromatic carbocycles. The normalized spacial score (nSPS) is 11.6. The summed E-state index contributed by atoms with van der Waals surface area (Å²) in [5.74, 6) is 1.18. The highest BCUT2D eigenvalue weighted by atomic mass is 35.5. The van der Waals surface area contributed by atoms with Crippen molar-refractivity contribution in [3.05, 3.63) is 33.8 Å². The van der Waals surface area contributed by atoms with Crippen LogP contribution in [0.1, 0.15) is 19.4 Å². The number of hydrogen-bond donors (Lipinski definition) is 2. The highest BCUT2D eigenvalue weighted by Gasteiger charge is 2.06. The number of rotatable bonds is 8. The van der Waals surface area contributed by atoms with E-state index in [0.717, 1.165) is 12.1 Å². The van der Waals surface area contributed by atoms with E-state index >= 15 is 0 Å². The minimum absolute atomic E-state index is 0. The lowest BCUT2D eigenvalue weighted by atomic mass is 10.2. The predicted octanol–water partition coefficient (Wildman–Crippen LogP) is 3.76. The Hall–Kier alpha value is -0.130. The molecule has 0 saturated carbocycles. The molecule has 2 N–H and O–H groups in total. The molecule has 0 aliphatic heterocycles. The average molecular weight is 372 g/mol. The lowest BCUT2D eigenvalue weighted by Gasteiger charge is -2.13. The molecule has 1 rings (SSSR count). The second-order valence-electron chi connectivity index (χ2n) is 4.49. The molecular weight excluding hydrogens is 351 g/mol. The summed E-state index contributed by atoms with van der Waals surface area (Å²) in [4.78, 5) is 11.7. The van der Waals surface area contributed by atoms with Crippen LogP contribution in [-0.2, 0) is 10.5 Å². The number of benzene rings is 1. The van der Waals surface area contributed by atoms with E-state index in [1.54, 1.807) is 6.07 Å². The van der Waals surface area contributed by atoms with E-state index in [0.29, 0.717) is 34.1 Å². The third-order valence-corrected chi connectivity index (χ3v) is 4.23. The van der Waals surface area contributed by atoms with Crippen LogP contribution in [0.15, 0.2) is 18.2 Å². The topological polar surface area (TPSA) is 41.1 Å². The molecule has 0 unspecified atom stereocenters. The van der Waals surface area contributed by atoms with Crippen molar-refractivity contribution >= 4 is 53.3 Å². The molecule has 0 aromatic heterocycles. The summed E-state index contributed by atoms with van der Waals surface area (Å²) in [7, 11) is 0. The van der Waals surface area contributed by atoms with Gasteiger partial charge in [0, 0.05) is 28.4 Å². The van der Waals surface area contributed by atoms with Gasteiger partial charge in [-0.2, -0.15) is 0 Å². The third-order valence-electron chi connectivity index (χ3n) is 2.66. The van der Waals surface area contributed by atoms with E-state index in [4.69, 9.17) is 23.2 Å². The largest absolute Gasteiger partial charge is 0.354 e. The second-order valence-corrected chi connectivity index (χ2v) is 6.32. The molecule has 0 radical (unpaired) electrons. The molecule has 0 heterocycles. The smallest absolute Gasteiger partial charge is 0.230 e. The predicted molar refractivity (Wildman–Crippen MR) is 96.0 cm³/mol. The molecule has 0 spiro atoms. The summed E-state index contributed by atoms with van der Waals surface area (Å²) in [5, 5.41) is 7.41. The SMILES string of the molecule is CCN[C@H](C)CNC(=O)CSCc1ccc(Cl)cc1Cl.Cl. The van der Waals surface area contributed by atoms with E-state index in [9.17, 15) is 4.79 Å². The van der Waals surface area contributed by atoms with Gasteiger partial charge in [0.1, 0.15) is 0 Å². The zero-order chi connectivity index (χ0) is 15.0. The van der Waals surface area contributed by atoms with Crippen LogP contribution in [0.4, 0.5) is 0 Å². The van der Waals surface area contributed by atoms with Gasteiger partial charge in [-0.05, 0) is 31.2 Å². The molecule has 0 saturated heterocycles. The number of amides is 1. The van der Waals surface area contributed by atoms with Gasteiger partial charge in [-0.25, -0.2) is 0 Å². The fourth-order valence-electron chi connectivity index (χ4n) is 1.63. The van der Waals surface area contributed by atoms with Crippen molar-refractivity contribution in [3.8, 4) is 0 Å². The van der Waals surface area contributed by atoms with Crippen LogP contribution in [0.2, 0.25) is 10.0 Å². The van der Waals surface area contributed by atoms with Gasteiger partial charge in [0.2, 0.25) is 5.91 Å². The Morgan fingerprint density at radius 3 is 2.71 bits per heavy atom. The first-order chi connectivity index (χ1) is 9.52. The molecule has 0 aliphatic rings. The van der Waals surface area contributed by atoms with Gasteiger partial charge in [0.25, 0.3) is 0 Å². The quantitative estimate of drug-likeness (QED) is 0.731. The molecule has 1 aromatic rings. The van der Waals surface area contributed by atoms with Crippen molar-refractivity contribution < 1.29 is 4.79 Å². The standard InChI is InChI=1S/C14H20Cl2N2OS.ClH/c1-3-17-10(2)7-18-14(19)9-20-8-11-4-5-12(15)6-13(11)16;/h4-6,10,17H,3,7-9H2,1-2H3,(H,18,19);1H/t10-;/m1./s1. The number of likely N-dealkylation sites (N-methyl/N-ethyl adjacent to an activating group) is 1. The number of carbonyl (C=O) groups is 1. The van der Waals surface area contributed by atoms with E-state index in [-0.39, 0.29) is 18.3 Å². The summed E-state index contributed by atoms with van der Waals surface area (Å²) in [6.45, 7) is 5.64. The van der Waals surface area contributed by atoms with E-state index in [1.165, 1.54) is 11.8 Å². The van der Waals surface area contributed by atoms with Crippen molar-refractivity contribution in [1.82, 2.24) is 10.6 Å². The minimum atomic E-state index is 0. The van der Waals surface area contributed by atoms with Crippen molar-refractivity contribution in [3.63, 3.8) is 0 Å². The summed E-state index contributed by atoms with van der Waals surface area (Å²) >= 11 is 13.5. The second kappa shape index (κ2) is 11.4. The average Bonchev–Trinajstić information content (AvgIpc) is 2.39. The molecule has 3 nitrogen and oxygen atoms in total. The van der Waals surface area contributed by atoms with Crippen molar-refractivity contribution in [2.75, 3.05) is 18.8 Å². The fraction of sp³-hybridized carbons (Fsp3) is 0.500. The Morgan fingerprint density at radius 1 is 1.38 bits per heavy atom. The third kappa shape index (κ3) is 8.79.